The molecule has 0 spiro atoms. The van der Waals surface area contributed by atoms with Crippen LogP contribution in [-0.2, 0) is 10.5 Å². The monoisotopic (exact) mass is 431 g/mol. The van der Waals surface area contributed by atoms with Gasteiger partial charge in [-0.3, -0.25) is 20.4 Å². The van der Waals surface area contributed by atoms with Gasteiger partial charge in [-0.05, 0) is 59.3 Å². The minimum atomic E-state index is -0.469. The smallest absolute Gasteiger partial charge is 0.276 e. The zero-order valence-electron chi connectivity index (χ0n) is 16.9. The number of hydrogen-bond donors (Lipinski definition) is 2. The molecule has 0 heterocycles. The van der Waals surface area contributed by atoms with Crippen LogP contribution >= 0.6 is 11.8 Å². The van der Waals surface area contributed by atoms with Crippen molar-refractivity contribution in [2.45, 2.75) is 5.75 Å². The fourth-order valence-electron chi connectivity index (χ4n) is 2.78. The van der Waals surface area contributed by atoms with Crippen molar-refractivity contribution in [1.29, 1.82) is 5.26 Å². The lowest BCUT2D eigenvalue weighted by atomic mass is 10.0. The predicted molar refractivity (Wildman–Crippen MR) is 121 cm³/mol. The van der Waals surface area contributed by atoms with Crippen LogP contribution in [-0.4, -0.2) is 24.7 Å². The van der Waals surface area contributed by atoms with Gasteiger partial charge in [0.05, 0.1) is 11.6 Å². The van der Waals surface area contributed by atoms with E-state index in [4.69, 9.17) is 10.00 Å². The van der Waals surface area contributed by atoms with Gasteiger partial charge in [-0.2, -0.15) is 17.0 Å². The van der Waals surface area contributed by atoms with Crippen LogP contribution in [0.2, 0.25) is 0 Å². The molecule has 0 radical (unpaired) electrons. The van der Waals surface area contributed by atoms with Crippen molar-refractivity contribution in [3.05, 3.63) is 89.5 Å². The van der Waals surface area contributed by atoms with E-state index in [2.05, 4.69) is 16.9 Å². The molecule has 0 aliphatic heterocycles. The molecule has 0 aliphatic carbocycles. The summed E-state index contributed by atoms with van der Waals surface area (Å²) in [5, 5.41) is 8.87. The van der Waals surface area contributed by atoms with E-state index < -0.39 is 11.8 Å². The molecule has 0 aliphatic rings. The van der Waals surface area contributed by atoms with Gasteiger partial charge in [0.15, 0.2) is 6.61 Å². The Bertz CT molecular complexity index is 1070. The summed E-state index contributed by atoms with van der Waals surface area (Å²) in [7, 11) is 0. The number of amides is 2. The van der Waals surface area contributed by atoms with Crippen LogP contribution in [0.1, 0.15) is 21.5 Å². The first-order valence-electron chi connectivity index (χ1n) is 9.49. The highest BCUT2D eigenvalue weighted by molar-refractivity contribution is 7.97. The molecule has 2 amide bonds. The Morgan fingerprint density at radius 1 is 0.903 bits per heavy atom. The average molecular weight is 432 g/mol. The van der Waals surface area contributed by atoms with Crippen molar-refractivity contribution in [3.8, 4) is 22.9 Å². The third-order valence-electron chi connectivity index (χ3n) is 4.41. The molecule has 0 atom stereocenters. The fraction of sp³-hybridized carbons (Fsp3) is 0.125. The minimum absolute atomic E-state index is 0.233. The molecule has 6 nitrogen and oxygen atoms in total. The van der Waals surface area contributed by atoms with Crippen molar-refractivity contribution >= 4 is 23.6 Å². The number of nitrogens with one attached hydrogen (secondary N) is 2. The van der Waals surface area contributed by atoms with Crippen LogP contribution in [0.25, 0.3) is 11.1 Å². The summed E-state index contributed by atoms with van der Waals surface area (Å²) in [4.78, 5) is 24.1. The highest BCUT2D eigenvalue weighted by Crippen LogP contribution is 2.22. The molecule has 0 fully saturated rings. The van der Waals surface area contributed by atoms with Gasteiger partial charge in [-0.25, -0.2) is 0 Å². The van der Waals surface area contributed by atoms with Gasteiger partial charge >= 0.3 is 0 Å². The second-order valence-electron chi connectivity index (χ2n) is 6.63. The summed E-state index contributed by atoms with van der Waals surface area (Å²) < 4.78 is 5.47. The van der Waals surface area contributed by atoms with Gasteiger partial charge in [0.2, 0.25) is 0 Å². The van der Waals surface area contributed by atoms with Crippen LogP contribution in [0.4, 0.5) is 0 Å². The second kappa shape index (κ2) is 10.9. The fourth-order valence-corrected chi connectivity index (χ4v) is 3.31. The van der Waals surface area contributed by atoms with E-state index in [1.165, 1.54) is 0 Å². The molecule has 0 saturated heterocycles. The maximum absolute atomic E-state index is 12.1. The van der Waals surface area contributed by atoms with E-state index in [1.807, 2.05) is 42.7 Å². The highest BCUT2D eigenvalue weighted by atomic mass is 32.2. The van der Waals surface area contributed by atoms with Gasteiger partial charge in [-0.15, -0.1) is 0 Å². The molecule has 3 aromatic carbocycles. The van der Waals surface area contributed by atoms with Crippen LogP contribution in [0.5, 0.6) is 5.75 Å². The molecule has 0 aromatic heterocycles. The summed E-state index contributed by atoms with van der Waals surface area (Å²) in [6, 6.07) is 23.8. The van der Waals surface area contributed by atoms with E-state index in [0.717, 1.165) is 22.4 Å². The summed E-state index contributed by atoms with van der Waals surface area (Å²) in [6.45, 7) is -0.233. The lowest BCUT2D eigenvalue weighted by Gasteiger charge is -2.10. The second-order valence-corrected chi connectivity index (χ2v) is 7.50. The topological polar surface area (TPSA) is 91.2 Å². The molecule has 31 heavy (non-hydrogen) atoms. The van der Waals surface area contributed by atoms with E-state index in [1.54, 1.807) is 48.2 Å². The quantitative estimate of drug-likeness (QED) is 0.553. The minimum Gasteiger partial charge on any atom is -0.484 e. The number of hydrazine groups is 1. The van der Waals surface area contributed by atoms with Crippen molar-refractivity contribution in [2.75, 3.05) is 12.9 Å². The van der Waals surface area contributed by atoms with Gasteiger partial charge < -0.3 is 4.74 Å². The van der Waals surface area contributed by atoms with Crippen LogP contribution in [0.15, 0.2) is 72.8 Å². The highest BCUT2D eigenvalue weighted by Gasteiger charge is 2.08. The lowest BCUT2D eigenvalue weighted by molar-refractivity contribution is -0.123. The normalized spacial score (nSPS) is 10.1. The van der Waals surface area contributed by atoms with E-state index in [-0.39, 0.29) is 6.61 Å². The molecule has 0 unspecified atom stereocenters. The average Bonchev–Trinajstić information content (AvgIpc) is 2.82. The van der Waals surface area contributed by atoms with Crippen molar-refractivity contribution < 1.29 is 14.3 Å². The Balaban J connectivity index is 1.45. The Kier molecular flexibility index (Phi) is 7.68. The predicted octanol–water partition coefficient (Wildman–Crippen LogP) is 3.93. The van der Waals surface area contributed by atoms with Crippen molar-refractivity contribution in [2.24, 2.45) is 0 Å². The number of carbonyl (C=O) groups is 2. The number of hydrogen-bond acceptors (Lipinski definition) is 5. The lowest BCUT2D eigenvalue weighted by Crippen LogP contribution is -2.43. The number of ether oxygens (including phenoxy) is 1. The van der Waals surface area contributed by atoms with Crippen LogP contribution < -0.4 is 15.6 Å². The van der Waals surface area contributed by atoms with Crippen LogP contribution in [0.3, 0.4) is 0 Å². The number of rotatable bonds is 7. The first-order valence-corrected chi connectivity index (χ1v) is 10.9. The maximum atomic E-state index is 12.1. The van der Waals surface area contributed by atoms with E-state index >= 15 is 0 Å². The number of carbonyl (C=O) groups excluding carboxylic acids is 2. The SMILES string of the molecule is CSCc1ccc(C(=O)NNC(=O)COc2ccc(-c3ccc(C#N)cc3)cc2)cc1. The number of benzene rings is 3. The van der Waals surface area contributed by atoms with Crippen LogP contribution in [0, 0.1) is 11.3 Å². The molecule has 156 valence electrons. The molecule has 0 saturated carbocycles. The van der Waals surface area contributed by atoms with E-state index in [9.17, 15) is 9.59 Å². The van der Waals surface area contributed by atoms with Gasteiger partial charge in [0.1, 0.15) is 5.75 Å². The summed E-state index contributed by atoms with van der Waals surface area (Å²) in [5.74, 6) is 0.548. The summed E-state index contributed by atoms with van der Waals surface area (Å²) in [6.07, 6.45) is 2.02. The largest absolute Gasteiger partial charge is 0.484 e. The number of nitriles is 1. The first-order chi connectivity index (χ1) is 15.1. The first kappa shape index (κ1) is 21.9. The standard InChI is InChI=1S/C24H21N3O3S/c1-31-16-18-4-8-21(9-5-18)24(29)27-26-23(28)15-30-22-12-10-20(11-13-22)19-6-2-17(14-25)3-7-19/h2-13H,15-16H2,1H3,(H,26,28)(H,27,29). The summed E-state index contributed by atoms with van der Waals surface area (Å²) in [5.41, 5.74) is 8.87. The van der Waals surface area contributed by atoms with Crippen molar-refractivity contribution in [1.82, 2.24) is 10.9 Å². The molecule has 0 bridgehead atoms. The summed E-state index contributed by atoms with van der Waals surface area (Å²) >= 11 is 1.71. The Labute approximate surface area is 185 Å². The molecule has 7 heteroatoms. The van der Waals surface area contributed by atoms with Gasteiger partial charge in [-0.1, -0.05) is 36.4 Å². The zero-order valence-corrected chi connectivity index (χ0v) is 17.7. The molecule has 3 rings (SSSR count). The van der Waals surface area contributed by atoms with Crippen molar-refractivity contribution in [3.63, 3.8) is 0 Å². The van der Waals surface area contributed by atoms with Gasteiger partial charge in [0, 0.05) is 11.3 Å². The maximum Gasteiger partial charge on any atom is 0.276 e. The molecular weight excluding hydrogens is 410 g/mol. The zero-order chi connectivity index (χ0) is 22.1. The molecular formula is C24H21N3O3S. The third-order valence-corrected chi connectivity index (χ3v) is 5.04. The number of thioether (sulfide) groups is 1. The molecule has 2 N–H and O–H groups in total. The molecule has 3 aromatic rings. The third kappa shape index (κ3) is 6.36. The van der Waals surface area contributed by atoms with E-state index in [0.29, 0.717) is 16.9 Å². The Hall–Kier alpha value is -3.76. The Morgan fingerprint density at radius 3 is 2.10 bits per heavy atom. The van der Waals surface area contributed by atoms with Gasteiger partial charge in [0.25, 0.3) is 11.8 Å². The number of nitrogens with zero attached hydrogens (tertiary/aromatic N) is 1. The Morgan fingerprint density at radius 2 is 1.52 bits per heavy atom.